The zero-order valence-electron chi connectivity index (χ0n) is 7.99. The molecule has 0 atom stereocenters. The van der Waals surface area contributed by atoms with E-state index >= 15 is 0 Å². The first kappa shape index (κ1) is 9.93. The molecule has 76 valence electrons. The lowest BCUT2D eigenvalue weighted by atomic mass is 10.1. The van der Waals surface area contributed by atoms with Gasteiger partial charge in [0.05, 0.1) is 5.56 Å². The molecule has 2 rings (SSSR count). The van der Waals surface area contributed by atoms with Crippen LogP contribution in [-0.2, 0) is 0 Å². The molecule has 1 N–H and O–H groups in total. The molecular formula is C11H8ClNO2. The van der Waals surface area contributed by atoms with E-state index in [1.807, 2.05) is 6.92 Å². The molecule has 1 aromatic heterocycles. The molecule has 0 fully saturated rings. The predicted molar refractivity (Wildman–Crippen MR) is 58.4 cm³/mol. The Morgan fingerprint density at radius 1 is 1.40 bits per heavy atom. The summed E-state index contributed by atoms with van der Waals surface area (Å²) in [6, 6.07) is 4.82. The van der Waals surface area contributed by atoms with Crippen molar-refractivity contribution in [3.05, 3.63) is 40.7 Å². The van der Waals surface area contributed by atoms with Gasteiger partial charge in [-0.1, -0.05) is 17.7 Å². The van der Waals surface area contributed by atoms with Crippen molar-refractivity contribution in [2.24, 2.45) is 0 Å². The monoisotopic (exact) mass is 221 g/mol. The van der Waals surface area contributed by atoms with E-state index in [0.29, 0.717) is 5.15 Å². The van der Waals surface area contributed by atoms with Crippen molar-refractivity contribution in [1.82, 2.24) is 4.98 Å². The van der Waals surface area contributed by atoms with Crippen LogP contribution in [0.3, 0.4) is 0 Å². The lowest BCUT2D eigenvalue weighted by Crippen LogP contribution is -1.96. The Bertz CT molecular complexity index is 552. The zero-order valence-corrected chi connectivity index (χ0v) is 8.75. The van der Waals surface area contributed by atoms with E-state index < -0.39 is 5.97 Å². The van der Waals surface area contributed by atoms with Gasteiger partial charge in [0, 0.05) is 11.6 Å². The Hall–Kier alpha value is -1.61. The van der Waals surface area contributed by atoms with Gasteiger partial charge in [0.1, 0.15) is 5.15 Å². The number of aromatic nitrogens is 1. The number of aryl methyl sites for hydroxylation is 1. The van der Waals surface area contributed by atoms with Gasteiger partial charge in [-0.2, -0.15) is 0 Å². The van der Waals surface area contributed by atoms with E-state index in [2.05, 4.69) is 4.98 Å². The van der Waals surface area contributed by atoms with Gasteiger partial charge < -0.3 is 5.11 Å². The topological polar surface area (TPSA) is 50.2 Å². The number of hydrogen-bond acceptors (Lipinski definition) is 2. The third-order valence-corrected chi connectivity index (χ3v) is 2.59. The molecule has 1 heterocycles. The highest BCUT2D eigenvalue weighted by atomic mass is 35.5. The molecule has 0 aliphatic heterocycles. The van der Waals surface area contributed by atoms with Crippen molar-refractivity contribution in [1.29, 1.82) is 0 Å². The fourth-order valence-electron chi connectivity index (χ4n) is 1.48. The Labute approximate surface area is 91.3 Å². The summed E-state index contributed by atoms with van der Waals surface area (Å²) in [5.74, 6) is -0.941. The van der Waals surface area contributed by atoms with Crippen molar-refractivity contribution in [3.8, 4) is 0 Å². The molecule has 0 aliphatic carbocycles. The molecule has 0 bridgehead atoms. The highest BCUT2D eigenvalue weighted by Crippen LogP contribution is 2.24. The maximum Gasteiger partial charge on any atom is 0.335 e. The van der Waals surface area contributed by atoms with Crippen LogP contribution >= 0.6 is 11.6 Å². The molecule has 4 heteroatoms. The molecule has 0 radical (unpaired) electrons. The molecule has 0 saturated carbocycles. The van der Waals surface area contributed by atoms with Gasteiger partial charge in [-0.15, -0.1) is 0 Å². The van der Waals surface area contributed by atoms with E-state index in [1.165, 1.54) is 6.07 Å². The van der Waals surface area contributed by atoms with Crippen molar-refractivity contribution in [2.45, 2.75) is 6.92 Å². The van der Waals surface area contributed by atoms with Crippen molar-refractivity contribution in [3.63, 3.8) is 0 Å². The number of carbonyl (C=O) groups is 1. The molecule has 0 spiro atoms. The summed E-state index contributed by atoms with van der Waals surface area (Å²) in [7, 11) is 0. The van der Waals surface area contributed by atoms with Gasteiger partial charge in [-0.3, -0.25) is 0 Å². The third kappa shape index (κ3) is 1.66. The Balaban J connectivity index is 2.81. The first-order valence-corrected chi connectivity index (χ1v) is 4.75. The number of hydrogen-bond donors (Lipinski definition) is 1. The Morgan fingerprint density at radius 3 is 2.80 bits per heavy atom. The number of halogens is 1. The average Bonchev–Trinajstić information content (AvgIpc) is 2.23. The molecule has 15 heavy (non-hydrogen) atoms. The van der Waals surface area contributed by atoms with Crippen molar-refractivity contribution in [2.75, 3.05) is 0 Å². The van der Waals surface area contributed by atoms with Gasteiger partial charge in [0.15, 0.2) is 0 Å². The van der Waals surface area contributed by atoms with E-state index in [1.54, 1.807) is 18.3 Å². The summed E-state index contributed by atoms with van der Waals surface area (Å²) in [4.78, 5) is 14.8. The lowest BCUT2D eigenvalue weighted by Gasteiger charge is -2.04. The first-order valence-electron chi connectivity index (χ1n) is 4.38. The van der Waals surface area contributed by atoms with Gasteiger partial charge in [-0.05, 0) is 30.0 Å². The third-order valence-electron chi connectivity index (χ3n) is 2.29. The first-order chi connectivity index (χ1) is 7.09. The van der Waals surface area contributed by atoms with Crippen LogP contribution in [0.25, 0.3) is 10.8 Å². The number of fused-ring (bicyclic) bond motifs is 1. The molecule has 0 unspecified atom stereocenters. The second kappa shape index (κ2) is 3.51. The van der Waals surface area contributed by atoms with Crippen LogP contribution in [0.4, 0.5) is 0 Å². The molecular weight excluding hydrogens is 214 g/mol. The normalized spacial score (nSPS) is 10.5. The van der Waals surface area contributed by atoms with Crippen molar-refractivity contribution >= 4 is 28.3 Å². The van der Waals surface area contributed by atoms with Crippen molar-refractivity contribution < 1.29 is 9.90 Å². The molecule has 3 nitrogen and oxygen atoms in total. The minimum Gasteiger partial charge on any atom is -0.478 e. The van der Waals surface area contributed by atoms with Crippen LogP contribution in [0.15, 0.2) is 24.4 Å². The average molecular weight is 222 g/mol. The fourth-order valence-corrected chi connectivity index (χ4v) is 1.69. The zero-order chi connectivity index (χ0) is 11.0. The van der Waals surface area contributed by atoms with Crippen LogP contribution in [0.1, 0.15) is 15.9 Å². The molecule has 0 amide bonds. The summed E-state index contributed by atoms with van der Waals surface area (Å²) in [5, 5.41) is 10.9. The minimum absolute atomic E-state index is 0.257. The van der Waals surface area contributed by atoms with Gasteiger partial charge >= 0.3 is 5.97 Å². The van der Waals surface area contributed by atoms with Crippen LogP contribution in [0.5, 0.6) is 0 Å². The fraction of sp³-hybridized carbons (Fsp3) is 0.0909. The van der Waals surface area contributed by atoms with Gasteiger partial charge in [0.25, 0.3) is 0 Å². The highest BCUT2D eigenvalue weighted by molar-refractivity contribution is 6.34. The predicted octanol–water partition coefficient (Wildman–Crippen LogP) is 2.89. The largest absolute Gasteiger partial charge is 0.478 e. The standard InChI is InChI=1S/C11H8ClNO2/c1-6-5-13-10(12)8-3-2-7(11(14)15)4-9(6)8/h2-5H,1H3,(H,14,15). The summed E-state index contributed by atoms with van der Waals surface area (Å²) in [5.41, 5.74) is 1.17. The minimum atomic E-state index is -0.941. The number of carboxylic acids is 1. The second-order valence-electron chi connectivity index (χ2n) is 3.30. The molecule has 0 saturated heterocycles. The Morgan fingerprint density at radius 2 is 2.13 bits per heavy atom. The number of nitrogens with zero attached hydrogens (tertiary/aromatic N) is 1. The molecule has 2 aromatic rings. The summed E-state index contributed by atoms with van der Waals surface area (Å²) >= 11 is 5.90. The number of carboxylic acid groups (broad SMARTS) is 1. The quantitative estimate of drug-likeness (QED) is 0.754. The number of benzene rings is 1. The van der Waals surface area contributed by atoms with E-state index in [-0.39, 0.29) is 5.56 Å². The van der Waals surface area contributed by atoms with Crippen LogP contribution in [0, 0.1) is 6.92 Å². The van der Waals surface area contributed by atoms with Crippen LogP contribution in [0.2, 0.25) is 5.15 Å². The highest BCUT2D eigenvalue weighted by Gasteiger charge is 2.07. The summed E-state index contributed by atoms with van der Waals surface area (Å²) < 4.78 is 0. The van der Waals surface area contributed by atoms with Crippen LogP contribution in [-0.4, -0.2) is 16.1 Å². The number of aromatic carboxylic acids is 1. The van der Waals surface area contributed by atoms with Gasteiger partial charge in [0.2, 0.25) is 0 Å². The van der Waals surface area contributed by atoms with Crippen LogP contribution < -0.4 is 0 Å². The number of rotatable bonds is 1. The van der Waals surface area contributed by atoms with E-state index in [4.69, 9.17) is 16.7 Å². The van der Waals surface area contributed by atoms with E-state index in [9.17, 15) is 4.79 Å². The lowest BCUT2D eigenvalue weighted by molar-refractivity contribution is 0.0697. The summed E-state index contributed by atoms with van der Waals surface area (Å²) in [6.07, 6.45) is 1.64. The maximum atomic E-state index is 10.8. The smallest absolute Gasteiger partial charge is 0.335 e. The second-order valence-corrected chi connectivity index (χ2v) is 3.66. The van der Waals surface area contributed by atoms with E-state index in [0.717, 1.165) is 16.3 Å². The SMILES string of the molecule is Cc1cnc(Cl)c2ccc(C(=O)O)cc12. The molecule has 1 aromatic carbocycles. The number of pyridine rings is 1. The Kier molecular flexibility index (Phi) is 2.32. The maximum absolute atomic E-state index is 10.8. The summed E-state index contributed by atoms with van der Waals surface area (Å²) in [6.45, 7) is 1.87. The molecule has 0 aliphatic rings. The van der Waals surface area contributed by atoms with Gasteiger partial charge in [-0.25, -0.2) is 9.78 Å².